The van der Waals surface area contributed by atoms with Crippen molar-refractivity contribution in [3.05, 3.63) is 30.1 Å². The van der Waals surface area contributed by atoms with Crippen molar-refractivity contribution in [2.24, 2.45) is 0 Å². The molecule has 1 N–H and O–H groups in total. The Balaban J connectivity index is 1.55. The Bertz CT molecular complexity index is 868. The number of aromatic nitrogens is 3. The first kappa shape index (κ1) is 15.5. The normalized spacial score (nSPS) is 13.7. The van der Waals surface area contributed by atoms with Crippen molar-refractivity contribution in [2.45, 2.75) is 17.3 Å². The van der Waals surface area contributed by atoms with Crippen LogP contribution in [0.5, 0.6) is 11.5 Å². The summed E-state index contributed by atoms with van der Waals surface area (Å²) < 4.78 is 13.4. The third kappa shape index (κ3) is 3.11. The molecule has 0 amide bonds. The number of fused-ring (bicyclic) bond motifs is 2. The Morgan fingerprint density at radius 3 is 2.96 bits per heavy atom. The Labute approximate surface area is 147 Å². The molecule has 0 saturated heterocycles. The van der Waals surface area contributed by atoms with Crippen molar-refractivity contribution in [2.75, 3.05) is 24.8 Å². The first-order chi connectivity index (χ1) is 11.8. The fourth-order valence-electron chi connectivity index (χ4n) is 2.45. The number of benzene rings is 1. The van der Waals surface area contributed by atoms with Gasteiger partial charge in [0.1, 0.15) is 16.8 Å². The number of thioether (sulfide) groups is 1. The monoisotopic (exact) mass is 360 g/mol. The van der Waals surface area contributed by atoms with Crippen LogP contribution in [0.2, 0.25) is 0 Å². The summed E-state index contributed by atoms with van der Waals surface area (Å²) in [6, 6.07) is 6.02. The lowest BCUT2D eigenvalue weighted by Gasteiger charge is -2.10. The van der Waals surface area contributed by atoms with Crippen molar-refractivity contribution in [1.82, 2.24) is 15.0 Å². The van der Waals surface area contributed by atoms with Crippen molar-refractivity contribution >= 4 is 39.3 Å². The maximum absolute atomic E-state index is 5.74. The maximum atomic E-state index is 5.74. The molecule has 3 heterocycles. The zero-order valence-electron chi connectivity index (χ0n) is 13.1. The number of anilines is 1. The van der Waals surface area contributed by atoms with Gasteiger partial charge in [-0.2, -0.15) is 0 Å². The third-order valence-electron chi connectivity index (χ3n) is 3.62. The summed E-state index contributed by atoms with van der Waals surface area (Å²) in [5.74, 6) is 2.43. The van der Waals surface area contributed by atoms with Gasteiger partial charge in [-0.25, -0.2) is 15.0 Å². The second kappa shape index (κ2) is 6.82. The smallest absolute Gasteiger partial charge is 0.176 e. The van der Waals surface area contributed by atoms with Crippen LogP contribution in [0.15, 0.2) is 28.9 Å². The van der Waals surface area contributed by atoms with E-state index in [-0.39, 0.29) is 0 Å². The van der Waals surface area contributed by atoms with E-state index in [1.165, 1.54) is 0 Å². The van der Waals surface area contributed by atoms with Gasteiger partial charge in [-0.1, -0.05) is 17.8 Å². The van der Waals surface area contributed by atoms with E-state index in [0.29, 0.717) is 19.8 Å². The van der Waals surface area contributed by atoms with E-state index in [4.69, 9.17) is 9.47 Å². The van der Waals surface area contributed by atoms with Crippen LogP contribution in [0.4, 0.5) is 5.82 Å². The zero-order chi connectivity index (χ0) is 16.4. The van der Waals surface area contributed by atoms with Gasteiger partial charge in [0, 0.05) is 13.0 Å². The van der Waals surface area contributed by atoms with Gasteiger partial charge >= 0.3 is 0 Å². The molecule has 124 valence electrons. The highest BCUT2D eigenvalue weighted by Crippen LogP contribution is 2.32. The van der Waals surface area contributed by atoms with Gasteiger partial charge in [-0.3, -0.25) is 0 Å². The molecule has 0 fully saturated rings. The molecule has 6 nitrogen and oxygen atoms in total. The lowest BCUT2D eigenvalue weighted by molar-refractivity contribution is 0.297. The van der Waals surface area contributed by atoms with Crippen molar-refractivity contribution in [3.8, 4) is 11.5 Å². The first-order valence-corrected chi connectivity index (χ1v) is 9.65. The van der Waals surface area contributed by atoms with Crippen LogP contribution in [0.25, 0.3) is 10.3 Å². The summed E-state index contributed by atoms with van der Waals surface area (Å²) in [4.78, 5) is 13.1. The molecule has 8 heteroatoms. The molecule has 1 aliphatic rings. The Morgan fingerprint density at radius 2 is 2.08 bits per heavy atom. The fraction of sp³-hybridized carbons (Fsp3) is 0.312. The number of thiazole rings is 1. The minimum absolute atomic E-state index is 0.648. The first-order valence-electron chi connectivity index (χ1n) is 7.61. The molecule has 0 radical (unpaired) electrons. The Kier molecular flexibility index (Phi) is 4.40. The molecule has 1 aliphatic heterocycles. The van der Waals surface area contributed by atoms with E-state index < -0.39 is 0 Å². The van der Waals surface area contributed by atoms with Crippen molar-refractivity contribution in [1.29, 1.82) is 0 Å². The molecule has 4 rings (SSSR count). The van der Waals surface area contributed by atoms with Crippen LogP contribution in [-0.2, 0) is 6.54 Å². The molecule has 3 aromatic rings. The summed E-state index contributed by atoms with van der Waals surface area (Å²) in [6.45, 7) is 2.04. The summed E-state index contributed by atoms with van der Waals surface area (Å²) >= 11 is 3.22. The lowest BCUT2D eigenvalue weighted by Crippen LogP contribution is -2.02. The van der Waals surface area contributed by atoms with Gasteiger partial charge in [0.05, 0.1) is 13.2 Å². The van der Waals surface area contributed by atoms with Gasteiger partial charge in [0.2, 0.25) is 0 Å². The third-order valence-corrected chi connectivity index (χ3v) is 5.65. The van der Waals surface area contributed by atoms with Crippen LogP contribution in [0.3, 0.4) is 0 Å². The van der Waals surface area contributed by atoms with Gasteiger partial charge in [0.15, 0.2) is 21.5 Å². The minimum atomic E-state index is 0.648. The van der Waals surface area contributed by atoms with E-state index in [1.807, 2.05) is 24.5 Å². The number of hydrogen-bond acceptors (Lipinski definition) is 8. The lowest BCUT2D eigenvalue weighted by atomic mass is 10.2. The van der Waals surface area contributed by atoms with E-state index in [1.54, 1.807) is 29.4 Å². The second-order valence-electron chi connectivity index (χ2n) is 5.24. The second-order valence-corrected chi connectivity index (χ2v) is 7.30. The van der Waals surface area contributed by atoms with Crippen LogP contribution < -0.4 is 14.8 Å². The van der Waals surface area contributed by atoms with Crippen LogP contribution in [-0.4, -0.2) is 34.4 Å². The average Bonchev–Trinajstić information content (AvgIpc) is 2.91. The topological polar surface area (TPSA) is 69.2 Å². The number of ether oxygens (including phenoxy) is 2. The molecule has 24 heavy (non-hydrogen) atoms. The largest absolute Gasteiger partial charge is 0.490 e. The van der Waals surface area contributed by atoms with E-state index in [0.717, 1.165) is 44.0 Å². The Hall–Kier alpha value is -2.06. The van der Waals surface area contributed by atoms with Gasteiger partial charge in [-0.15, -0.1) is 11.3 Å². The van der Waals surface area contributed by atoms with Crippen molar-refractivity contribution in [3.63, 3.8) is 0 Å². The summed E-state index contributed by atoms with van der Waals surface area (Å²) in [6.07, 6.45) is 4.46. The quantitative estimate of drug-likeness (QED) is 0.713. The molecule has 0 unspecified atom stereocenters. The van der Waals surface area contributed by atoms with Crippen LogP contribution in [0.1, 0.15) is 12.0 Å². The van der Waals surface area contributed by atoms with Gasteiger partial charge < -0.3 is 14.8 Å². The summed E-state index contributed by atoms with van der Waals surface area (Å²) in [5.41, 5.74) is 1.85. The van der Waals surface area contributed by atoms with Gasteiger partial charge in [0.25, 0.3) is 0 Å². The van der Waals surface area contributed by atoms with Gasteiger partial charge in [-0.05, 0) is 24.0 Å². The van der Waals surface area contributed by atoms with Crippen molar-refractivity contribution < 1.29 is 9.47 Å². The highest BCUT2D eigenvalue weighted by Gasteiger charge is 2.12. The minimum Gasteiger partial charge on any atom is -0.490 e. The molecule has 0 atom stereocenters. The highest BCUT2D eigenvalue weighted by atomic mass is 32.2. The average molecular weight is 360 g/mol. The molecule has 2 aromatic heterocycles. The SMILES string of the molecule is CSc1nc2ncnc(NCc3ccc4c(c3)OCCCO4)c2s1. The predicted molar refractivity (Wildman–Crippen MR) is 96.4 cm³/mol. The number of hydrogen-bond donors (Lipinski definition) is 1. The standard InChI is InChI=1S/C16H16N4O2S2/c1-23-16-20-15-13(24-16)14(18-9-19-15)17-8-10-3-4-11-12(7-10)22-6-2-5-21-11/h3-4,7,9H,2,5-6,8H2,1H3,(H,17,18,19). The van der Waals surface area contributed by atoms with Crippen LogP contribution >= 0.6 is 23.1 Å². The molecular formula is C16H16N4O2S2. The zero-order valence-corrected chi connectivity index (χ0v) is 14.7. The number of rotatable bonds is 4. The van der Waals surface area contributed by atoms with E-state index in [9.17, 15) is 0 Å². The maximum Gasteiger partial charge on any atom is 0.176 e. The van der Waals surface area contributed by atoms with E-state index >= 15 is 0 Å². The molecular weight excluding hydrogens is 344 g/mol. The molecule has 0 saturated carbocycles. The fourth-order valence-corrected chi connectivity index (χ4v) is 3.93. The predicted octanol–water partition coefficient (Wildman–Crippen LogP) is 3.58. The molecule has 1 aromatic carbocycles. The Morgan fingerprint density at radius 1 is 1.21 bits per heavy atom. The number of nitrogens with one attached hydrogen (secondary N) is 1. The number of nitrogens with zero attached hydrogens (tertiary/aromatic N) is 3. The molecule has 0 bridgehead atoms. The summed E-state index contributed by atoms with van der Waals surface area (Å²) in [7, 11) is 0. The highest BCUT2D eigenvalue weighted by molar-refractivity contribution is 8.00. The molecule has 0 spiro atoms. The summed E-state index contributed by atoms with van der Waals surface area (Å²) in [5, 5.41) is 3.38. The molecule has 0 aliphatic carbocycles. The van der Waals surface area contributed by atoms with Crippen LogP contribution in [0, 0.1) is 0 Å². The van der Waals surface area contributed by atoms with E-state index in [2.05, 4.69) is 20.3 Å².